The summed E-state index contributed by atoms with van der Waals surface area (Å²) in [4.78, 5) is 13.4. The highest BCUT2D eigenvalue weighted by Crippen LogP contribution is 2.30. The Morgan fingerprint density at radius 1 is 1.30 bits per heavy atom. The predicted octanol–water partition coefficient (Wildman–Crippen LogP) is 3.67. The van der Waals surface area contributed by atoms with Gasteiger partial charge in [0.05, 0.1) is 0 Å². The van der Waals surface area contributed by atoms with Crippen molar-refractivity contribution in [2.24, 2.45) is 0 Å². The number of amides is 1. The van der Waals surface area contributed by atoms with E-state index >= 15 is 0 Å². The lowest BCUT2D eigenvalue weighted by Gasteiger charge is -2.16. The Bertz CT molecular complexity index is 594. The molecule has 1 heterocycles. The van der Waals surface area contributed by atoms with E-state index in [1.165, 1.54) is 11.3 Å². The van der Waals surface area contributed by atoms with E-state index in [0.717, 1.165) is 29.0 Å². The molecule has 4 nitrogen and oxygen atoms in total. The van der Waals surface area contributed by atoms with Crippen molar-refractivity contribution in [3.63, 3.8) is 0 Å². The summed E-state index contributed by atoms with van der Waals surface area (Å²) in [5.41, 5.74) is 2.24. The standard InChI is InChI=1S/C15H19N3OS/c1-4-5-10-18(12(3)19)15-17-16-14(20-15)13-9-7-6-8-11(13)2/h6-9H,4-5,10H2,1-3H3. The van der Waals surface area contributed by atoms with E-state index in [9.17, 15) is 4.79 Å². The molecular weight excluding hydrogens is 270 g/mol. The van der Waals surface area contributed by atoms with Gasteiger partial charge in [-0.3, -0.25) is 9.69 Å². The van der Waals surface area contributed by atoms with Crippen LogP contribution in [0.1, 0.15) is 32.3 Å². The van der Waals surface area contributed by atoms with Gasteiger partial charge in [-0.1, -0.05) is 48.9 Å². The molecule has 0 saturated heterocycles. The lowest BCUT2D eigenvalue weighted by molar-refractivity contribution is -0.116. The van der Waals surface area contributed by atoms with Gasteiger partial charge >= 0.3 is 0 Å². The van der Waals surface area contributed by atoms with Gasteiger partial charge in [0, 0.05) is 19.0 Å². The first-order chi connectivity index (χ1) is 9.63. The summed E-state index contributed by atoms with van der Waals surface area (Å²) in [5.74, 6) is 0.0194. The second-order valence-electron chi connectivity index (χ2n) is 4.73. The zero-order valence-electron chi connectivity index (χ0n) is 12.1. The monoisotopic (exact) mass is 289 g/mol. The van der Waals surface area contributed by atoms with Crippen molar-refractivity contribution in [3.8, 4) is 10.6 Å². The maximum absolute atomic E-state index is 11.7. The number of carbonyl (C=O) groups is 1. The largest absolute Gasteiger partial charge is 0.287 e. The van der Waals surface area contributed by atoms with Crippen LogP contribution in [0.15, 0.2) is 24.3 Å². The van der Waals surface area contributed by atoms with Crippen molar-refractivity contribution in [2.75, 3.05) is 11.4 Å². The fourth-order valence-electron chi connectivity index (χ4n) is 1.95. The van der Waals surface area contributed by atoms with E-state index in [0.29, 0.717) is 11.7 Å². The fourth-order valence-corrected chi connectivity index (χ4v) is 2.96. The lowest BCUT2D eigenvalue weighted by Crippen LogP contribution is -2.29. The van der Waals surface area contributed by atoms with E-state index in [2.05, 4.69) is 30.1 Å². The van der Waals surface area contributed by atoms with E-state index in [4.69, 9.17) is 0 Å². The van der Waals surface area contributed by atoms with Gasteiger partial charge in [0.1, 0.15) is 5.01 Å². The molecule has 1 aromatic carbocycles. The molecule has 0 bridgehead atoms. The Hall–Kier alpha value is -1.75. The summed E-state index contributed by atoms with van der Waals surface area (Å²) in [6, 6.07) is 8.08. The number of hydrogen-bond acceptors (Lipinski definition) is 4. The minimum atomic E-state index is 0.0194. The van der Waals surface area contributed by atoms with Gasteiger partial charge in [0.25, 0.3) is 0 Å². The highest BCUT2D eigenvalue weighted by atomic mass is 32.1. The highest BCUT2D eigenvalue weighted by molar-refractivity contribution is 7.18. The molecule has 20 heavy (non-hydrogen) atoms. The third-order valence-electron chi connectivity index (χ3n) is 3.14. The van der Waals surface area contributed by atoms with Crippen LogP contribution in [-0.4, -0.2) is 22.6 Å². The van der Waals surface area contributed by atoms with E-state index in [1.54, 1.807) is 11.8 Å². The molecule has 0 radical (unpaired) electrons. The van der Waals surface area contributed by atoms with Gasteiger partial charge < -0.3 is 0 Å². The van der Waals surface area contributed by atoms with Crippen molar-refractivity contribution in [3.05, 3.63) is 29.8 Å². The molecule has 0 unspecified atom stereocenters. The van der Waals surface area contributed by atoms with Crippen molar-refractivity contribution in [2.45, 2.75) is 33.6 Å². The first-order valence-corrected chi connectivity index (χ1v) is 7.62. The molecule has 2 aromatic rings. The first kappa shape index (κ1) is 14.7. The van der Waals surface area contributed by atoms with Gasteiger partial charge in [-0.15, -0.1) is 10.2 Å². The smallest absolute Gasteiger partial charge is 0.225 e. The molecule has 0 aliphatic heterocycles. The average molecular weight is 289 g/mol. The van der Waals surface area contributed by atoms with Gasteiger partial charge in [-0.05, 0) is 18.9 Å². The molecule has 0 fully saturated rings. The molecule has 0 atom stereocenters. The Morgan fingerprint density at radius 3 is 2.70 bits per heavy atom. The summed E-state index contributed by atoms with van der Waals surface area (Å²) in [7, 11) is 0. The lowest BCUT2D eigenvalue weighted by atomic mass is 10.1. The molecule has 0 aliphatic carbocycles. The summed E-state index contributed by atoms with van der Waals surface area (Å²) in [5, 5.41) is 9.96. The normalized spacial score (nSPS) is 10.6. The Balaban J connectivity index is 2.27. The van der Waals surface area contributed by atoms with Crippen molar-refractivity contribution < 1.29 is 4.79 Å². The molecule has 0 N–H and O–H groups in total. The maximum atomic E-state index is 11.7. The molecular formula is C15H19N3OS. The highest BCUT2D eigenvalue weighted by Gasteiger charge is 2.17. The Labute approximate surface area is 123 Å². The van der Waals surface area contributed by atoms with Crippen LogP contribution in [0.2, 0.25) is 0 Å². The number of unbranched alkanes of at least 4 members (excludes halogenated alkanes) is 1. The topological polar surface area (TPSA) is 46.1 Å². The van der Waals surface area contributed by atoms with Crippen LogP contribution in [0.5, 0.6) is 0 Å². The number of carbonyl (C=O) groups excluding carboxylic acids is 1. The van der Waals surface area contributed by atoms with Crippen LogP contribution in [0.25, 0.3) is 10.6 Å². The fraction of sp³-hybridized carbons (Fsp3) is 0.400. The number of nitrogens with zero attached hydrogens (tertiary/aromatic N) is 3. The van der Waals surface area contributed by atoms with E-state index in [-0.39, 0.29) is 5.91 Å². The van der Waals surface area contributed by atoms with Crippen LogP contribution in [0, 0.1) is 6.92 Å². The molecule has 1 amide bonds. The maximum Gasteiger partial charge on any atom is 0.225 e. The third-order valence-corrected chi connectivity index (χ3v) is 4.12. The number of anilines is 1. The summed E-state index contributed by atoms with van der Waals surface area (Å²) in [6.45, 7) is 6.44. The average Bonchev–Trinajstić information content (AvgIpc) is 2.88. The minimum Gasteiger partial charge on any atom is -0.287 e. The summed E-state index contributed by atoms with van der Waals surface area (Å²) < 4.78 is 0. The summed E-state index contributed by atoms with van der Waals surface area (Å²) in [6.07, 6.45) is 2.02. The minimum absolute atomic E-state index is 0.0194. The van der Waals surface area contributed by atoms with Gasteiger partial charge in [0.2, 0.25) is 11.0 Å². The summed E-state index contributed by atoms with van der Waals surface area (Å²) >= 11 is 1.47. The second kappa shape index (κ2) is 6.61. The number of hydrogen-bond donors (Lipinski definition) is 0. The molecule has 0 aliphatic rings. The molecule has 5 heteroatoms. The van der Waals surface area contributed by atoms with Crippen LogP contribution in [-0.2, 0) is 4.79 Å². The quantitative estimate of drug-likeness (QED) is 0.843. The van der Waals surface area contributed by atoms with Gasteiger partial charge in [-0.25, -0.2) is 0 Å². The van der Waals surface area contributed by atoms with Crippen molar-refractivity contribution in [1.29, 1.82) is 0 Å². The first-order valence-electron chi connectivity index (χ1n) is 6.81. The zero-order chi connectivity index (χ0) is 14.5. The van der Waals surface area contributed by atoms with Crippen LogP contribution in [0.3, 0.4) is 0 Å². The number of rotatable bonds is 5. The SMILES string of the molecule is CCCCN(C(C)=O)c1nnc(-c2ccccc2C)s1. The second-order valence-corrected chi connectivity index (χ2v) is 5.68. The Kier molecular flexibility index (Phi) is 4.84. The van der Waals surface area contributed by atoms with E-state index < -0.39 is 0 Å². The van der Waals surface area contributed by atoms with Crippen LogP contribution >= 0.6 is 11.3 Å². The molecule has 2 rings (SSSR count). The predicted molar refractivity (Wildman–Crippen MR) is 83.0 cm³/mol. The Morgan fingerprint density at radius 2 is 2.05 bits per heavy atom. The van der Waals surface area contributed by atoms with Gasteiger partial charge in [-0.2, -0.15) is 0 Å². The zero-order valence-corrected chi connectivity index (χ0v) is 12.9. The molecule has 1 aromatic heterocycles. The van der Waals surface area contributed by atoms with Crippen molar-refractivity contribution in [1.82, 2.24) is 10.2 Å². The number of aromatic nitrogens is 2. The third kappa shape index (κ3) is 3.22. The van der Waals surface area contributed by atoms with Gasteiger partial charge in [0.15, 0.2) is 0 Å². The number of aryl methyl sites for hydroxylation is 1. The molecule has 106 valence electrons. The van der Waals surface area contributed by atoms with Crippen LogP contribution in [0.4, 0.5) is 5.13 Å². The number of benzene rings is 1. The van der Waals surface area contributed by atoms with Crippen molar-refractivity contribution >= 4 is 22.4 Å². The molecule has 0 spiro atoms. The van der Waals surface area contributed by atoms with E-state index in [1.807, 2.05) is 18.2 Å². The molecule has 0 saturated carbocycles. The van der Waals surface area contributed by atoms with Crippen LogP contribution < -0.4 is 4.90 Å².